The van der Waals surface area contributed by atoms with Crippen molar-refractivity contribution < 1.29 is 13.5 Å². The minimum Gasteiger partial charge on any atom is -0.399 e. The van der Waals surface area contributed by atoms with Gasteiger partial charge in [0.25, 0.3) is 0 Å². The first-order valence-corrected chi connectivity index (χ1v) is 8.90. The summed E-state index contributed by atoms with van der Waals surface area (Å²) in [5.74, 6) is -0.0154. The van der Waals surface area contributed by atoms with Crippen LogP contribution in [0.3, 0.4) is 0 Å². The van der Waals surface area contributed by atoms with E-state index in [0.29, 0.717) is 10.2 Å². The van der Waals surface area contributed by atoms with E-state index in [9.17, 15) is 13.5 Å². The van der Waals surface area contributed by atoms with Crippen LogP contribution < -0.4 is 10.5 Å². The zero-order valence-corrected chi connectivity index (χ0v) is 13.5. The molecule has 20 heavy (non-hydrogen) atoms. The standard InChI is InChI=1S/C13H19BrN2O3S/c14-11-6-5-10(15)7-13(11)20(18,19)16-8-9-3-1-2-4-12(9)17/h5-7,9,12,16-17H,1-4,8,15H2. The number of halogens is 1. The smallest absolute Gasteiger partial charge is 0.241 e. The molecule has 1 aliphatic rings. The average Bonchev–Trinajstić information content (AvgIpc) is 2.40. The molecular formula is C13H19BrN2O3S. The molecular weight excluding hydrogens is 344 g/mol. The number of aliphatic hydroxyl groups excluding tert-OH is 1. The highest BCUT2D eigenvalue weighted by Gasteiger charge is 2.26. The molecule has 2 rings (SSSR count). The summed E-state index contributed by atoms with van der Waals surface area (Å²) in [4.78, 5) is 0.128. The van der Waals surface area contributed by atoms with Crippen LogP contribution in [0.15, 0.2) is 27.6 Å². The Morgan fingerprint density at radius 3 is 2.75 bits per heavy atom. The van der Waals surface area contributed by atoms with Gasteiger partial charge in [-0.1, -0.05) is 12.8 Å². The zero-order valence-electron chi connectivity index (χ0n) is 11.0. The van der Waals surface area contributed by atoms with Gasteiger partial charge in [-0.05, 0) is 52.9 Å². The van der Waals surface area contributed by atoms with Gasteiger partial charge in [0, 0.05) is 16.7 Å². The Labute approximate surface area is 127 Å². The third kappa shape index (κ3) is 3.72. The molecule has 2 atom stereocenters. The predicted octanol–water partition coefficient (Wildman–Crippen LogP) is 1.86. The van der Waals surface area contributed by atoms with Crippen molar-refractivity contribution >= 4 is 31.6 Å². The van der Waals surface area contributed by atoms with E-state index in [4.69, 9.17) is 5.73 Å². The molecule has 0 saturated heterocycles. The largest absolute Gasteiger partial charge is 0.399 e. The predicted molar refractivity (Wildman–Crippen MR) is 81.7 cm³/mol. The number of benzene rings is 1. The van der Waals surface area contributed by atoms with Crippen molar-refractivity contribution in [2.24, 2.45) is 5.92 Å². The number of anilines is 1. The molecule has 0 aromatic heterocycles. The molecule has 0 amide bonds. The van der Waals surface area contributed by atoms with E-state index < -0.39 is 16.1 Å². The quantitative estimate of drug-likeness (QED) is 0.712. The number of hydrogen-bond acceptors (Lipinski definition) is 4. The van der Waals surface area contributed by atoms with Gasteiger partial charge in [-0.15, -0.1) is 0 Å². The third-order valence-electron chi connectivity index (χ3n) is 3.65. The summed E-state index contributed by atoms with van der Waals surface area (Å²) in [5.41, 5.74) is 6.03. The van der Waals surface area contributed by atoms with Gasteiger partial charge >= 0.3 is 0 Å². The molecule has 112 valence electrons. The Bertz CT molecular complexity index is 577. The van der Waals surface area contributed by atoms with E-state index in [2.05, 4.69) is 20.7 Å². The fourth-order valence-electron chi connectivity index (χ4n) is 2.45. The summed E-state index contributed by atoms with van der Waals surface area (Å²) in [6, 6.07) is 4.66. The fraction of sp³-hybridized carbons (Fsp3) is 0.538. The highest BCUT2D eigenvalue weighted by molar-refractivity contribution is 9.10. The molecule has 1 fully saturated rings. The zero-order chi connectivity index (χ0) is 14.8. The lowest BCUT2D eigenvalue weighted by atomic mass is 9.87. The van der Waals surface area contributed by atoms with E-state index in [0.717, 1.165) is 25.7 Å². The monoisotopic (exact) mass is 362 g/mol. The number of nitrogens with one attached hydrogen (secondary N) is 1. The van der Waals surface area contributed by atoms with Crippen molar-refractivity contribution in [3.05, 3.63) is 22.7 Å². The second kappa shape index (κ2) is 6.43. The summed E-state index contributed by atoms with van der Waals surface area (Å²) in [7, 11) is -3.62. The van der Waals surface area contributed by atoms with Gasteiger partial charge in [0.2, 0.25) is 10.0 Å². The lowest BCUT2D eigenvalue weighted by Crippen LogP contribution is -2.36. The Morgan fingerprint density at radius 1 is 1.35 bits per heavy atom. The first-order valence-electron chi connectivity index (χ1n) is 6.63. The Morgan fingerprint density at radius 2 is 2.05 bits per heavy atom. The summed E-state index contributed by atoms with van der Waals surface area (Å²) in [5, 5.41) is 9.87. The average molecular weight is 363 g/mol. The molecule has 0 aliphatic heterocycles. The molecule has 1 aliphatic carbocycles. The maximum Gasteiger partial charge on any atom is 0.241 e. The molecule has 0 bridgehead atoms. The molecule has 4 N–H and O–H groups in total. The molecule has 0 radical (unpaired) electrons. The van der Waals surface area contributed by atoms with Crippen LogP contribution in [-0.4, -0.2) is 26.2 Å². The van der Waals surface area contributed by atoms with Crippen molar-refractivity contribution in [1.29, 1.82) is 0 Å². The van der Waals surface area contributed by atoms with Crippen LogP contribution in [-0.2, 0) is 10.0 Å². The second-order valence-corrected chi connectivity index (χ2v) is 7.74. The third-order valence-corrected chi connectivity index (χ3v) is 6.07. The second-order valence-electron chi connectivity index (χ2n) is 5.15. The summed E-state index contributed by atoms with van der Waals surface area (Å²) < 4.78 is 27.6. The van der Waals surface area contributed by atoms with E-state index >= 15 is 0 Å². The minimum absolute atomic E-state index is 0.0154. The van der Waals surface area contributed by atoms with Crippen molar-refractivity contribution in [1.82, 2.24) is 4.72 Å². The Kier molecular flexibility index (Phi) is 5.06. The van der Waals surface area contributed by atoms with Gasteiger partial charge in [0.05, 0.1) is 11.0 Å². The minimum atomic E-state index is -3.62. The van der Waals surface area contributed by atoms with Crippen LogP contribution in [0.2, 0.25) is 0 Å². The Balaban J connectivity index is 2.09. The van der Waals surface area contributed by atoms with E-state index in [1.165, 1.54) is 6.07 Å². The molecule has 1 aromatic carbocycles. The van der Waals surface area contributed by atoms with E-state index in [-0.39, 0.29) is 17.4 Å². The maximum atomic E-state index is 12.3. The normalized spacial score (nSPS) is 23.7. The number of nitrogen functional groups attached to an aromatic ring is 1. The molecule has 7 heteroatoms. The van der Waals surface area contributed by atoms with Crippen LogP contribution in [0.4, 0.5) is 5.69 Å². The summed E-state index contributed by atoms with van der Waals surface area (Å²) in [6.45, 7) is 0.255. The van der Waals surface area contributed by atoms with Crippen LogP contribution >= 0.6 is 15.9 Å². The first-order chi connectivity index (χ1) is 9.40. The lowest BCUT2D eigenvalue weighted by molar-refractivity contribution is 0.0724. The number of sulfonamides is 1. The van der Waals surface area contributed by atoms with Gasteiger partial charge in [-0.25, -0.2) is 13.1 Å². The molecule has 2 unspecified atom stereocenters. The van der Waals surface area contributed by atoms with Crippen LogP contribution in [0, 0.1) is 5.92 Å². The molecule has 0 heterocycles. The van der Waals surface area contributed by atoms with Crippen molar-refractivity contribution in [2.45, 2.75) is 36.7 Å². The number of rotatable bonds is 4. The fourth-order valence-corrected chi connectivity index (χ4v) is 4.54. The van der Waals surface area contributed by atoms with Gasteiger partial charge in [0.15, 0.2) is 0 Å². The SMILES string of the molecule is Nc1ccc(Br)c(S(=O)(=O)NCC2CCCCC2O)c1. The van der Waals surface area contributed by atoms with Crippen molar-refractivity contribution in [3.8, 4) is 0 Å². The molecule has 1 saturated carbocycles. The molecule has 1 aromatic rings. The van der Waals surface area contributed by atoms with E-state index in [1.807, 2.05) is 0 Å². The number of hydrogen-bond donors (Lipinski definition) is 3. The maximum absolute atomic E-state index is 12.3. The number of nitrogens with two attached hydrogens (primary N) is 1. The summed E-state index contributed by atoms with van der Waals surface area (Å²) >= 11 is 3.22. The van der Waals surface area contributed by atoms with E-state index in [1.54, 1.807) is 12.1 Å². The Hall–Kier alpha value is -0.630. The first kappa shape index (κ1) is 15.8. The van der Waals surface area contributed by atoms with Crippen LogP contribution in [0.5, 0.6) is 0 Å². The number of aliphatic hydroxyl groups is 1. The summed E-state index contributed by atoms with van der Waals surface area (Å²) in [6.07, 6.45) is 3.21. The van der Waals surface area contributed by atoms with Crippen LogP contribution in [0.1, 0.15) is 25.7 Å². The van der Waals surface area contributed by atoms with Gasteiger partial charge in [-0.2, -0.15) is 0 Å². The van der Waals surface area contributed by atoms with Gasteiger partial charge < -0.3 is 10.8 Å². The topological polar surface area (TPSA) is 92.4 Å². The van der Waals surface area contributed by atoms with Crippen molar-refractivity contribution in [2.75, 3.05) is 12.3 Å². The highest BCUT2D eigenvalue weighted by Crippen LogP contribution is 2.26. The molecule has 5 nitrogen and oxygen atoms in total. The van der Waals surface area contributed by atoms with Crippen LogP contribution in [0.25, 0.3) is 0 Å². The van der Waals surface area contributed by atoms with Crippen molar-refractivity contribution in [3.63, 3.8) is 0 Å². The van der Waals surface area contributed by atoms with Gasteiger partial charge in [0.1, 0.15) is 0 Å². The molecule has 0 spiro atoms. The van der Waals surface area contributed by atoms with Gasteiger partial charge in [-0.3, -0.25) is 0 Å². The lowest BCUT2D eigenvalue weighted by Gasteiger charge is -2.27. The highest BCUT2D eigenvalue weighted by atomic mass is 79.9.